The van der Waals surface area contributed by atoms with E-state index < -0.39 is 0 Å². The number of rotatable bonds is 1. The minimum absolute atomic E-state index is 0.0868. The third-order valence-corrected chi connectivity index (χ3v) is 3.03. The molecular weight excluding hydrogens is 231 g/mol. The highest BCUT2D eigenvalue weighted by Gasteiger charge is 1.93. The minimum atomic E-state index is -0.331. The Kier molecular flexibility index (Phi) is 2.56. The van der Waals surface area contributed by atoms with Gasteiger partial charge in [-0.2, -0.15) is 0 Å². The molecule has 0 atom stereocenters. The summed E-state index contributed by atoms with van der Waals surface area (Å²) in [5.74, 6) is 0. The van der Waals surface area contributed by atoms with Gasteiger partial charge in [0.25, 0.3) is 0 Å². The van der Waals surface area contributed by atoms with Gasteiger partial charge in [0.05, 0.1) is 6.61 Å². The lowest BCUT2D eigenvalue weighted by Gasteiger charge is -1.98. The van der Waals surface area contributed by atoms with Gasteiger partial charge in [0.1, 0.15) is 3.69 Å². The number of aliphatic hydroxyl groups is 2. The van der Waals surface area contributed by atoms with Crippen molar-refractivity contribution in [1.29, 1.82) is 0 Å². The molecule has 0 bridgehead atoms. The van der Waals surface area contributed by atoms with Crippen molar-refractivity contribution in [3.8, 4) is 0 Å². The molecule has 9 heavy (non-hydrogen) atoms. The van der Waals surface area contributed by atoms with Gasteiger partial charge in [-0.1, -0.05) is 26.8 Å². The highest BCUT2D eigenvalue weighted by atomic mass is 127. The minimum Gasteiger partial charge on any atom is -0.392 e. The number of hydrogen-bond donors (Lipinski definition) is 2. The molecule has 3 heteroatoms. The van der Waals surface area contributed by atoms with Crippen molar-refractivity contribution in [2.75, 3.05) is 6.61 Å². The van der Waals surface area contributed by atoms with Gasteiger partial charge >= 0.3 is 0 Å². The molecular formula is C6H7IO2. The second kappa shape index (κ2) is 3.24. The Hall–Kier alpha value is -0.0000000000000000555. The van der Waals surface area contributed by atoms with E-state index in [1.54, 1.807) is 12.2 Å². The molecule has 0 unspecified atom stereocenters. The van der Waals surface area contributed by atoms with Crippen molar-refractivity contribution in [3.05, 3.63) is 21.8 Å². The topological polar surface area (TPSA) is 40.5 Å². The molecule has 2 nitrogen and oxygen atoms in total. The molecule has 50 valence electrons. The lowest BCUT2D eigenvalue weighted by Crippen LogP contribution is -1.92. The van der Waals surface area contributed by atoms with Crippen LogP contribution in [0.3, 0.4) is 0 Å². The average molecular weight is 238 g/mol. The fourth-order valence-electron chi connectivity index (χ4n) is 0.462. The summed E-state index contributed by atoms with van der Waals surface area (Å²) in [7, 11) is 0. The fourth-order valence-corrected chi connectivity index (χ4v) is 1.97. The van der Waals surface area contributed by atoms with Crippen molar-refractivity contribution < 1.29 is 10.2 Å². The van der Waals surface area contributed by atoms with Gasteiger partial charge in [0, 0.05) is 0 Å². The molecule has 0 saturated heterocycles. The monoisotopic (exact) mass is 238 g/mol. The molecule has 0 aromatic carbocycles. The summed E-state index contributed by atoms with van der Waals surface area (Å²) in [4.78, 5) is 0. The Morgan fingerprint density at radius 1 is 1.44 bits per heavy atom. The van der Waals surface area contributed by atoms with Crippen LogP contribution in [0, 0.1) is 0 Å². The van der Waals surface area contributed by atoms with Crippen LogP contribution in [0.1, 0.15) is 0 Å². The van der Waals surface area contributed by atoms with E-state index in [9.17, 15) is 0 Å². The predicted octanol–water partition coefficient (Wildman–Crippen LogP) is 0.906. The second-order valence-electron chi connectivity index (χ2n) is 1.61. The molecule has 0 aromatic rings. The smallest absolute Gasteiger partial charge is 0.104 e. The SMILES string of the molecule is OCC1=CI=C(O)C=C1. The average Bonchev–Trinajstić information content (AvgIpc) is 1.90. The van der Waals surface area contributed by atoms with Crippen LogP contribution in [0.25, 0.3) is 0 Å². The van der Waals surface area contributed by atoms with E-state index in [4.69, 9.17) is 10.2 Å². The van der Waals surface area contributed by atoms with Gasteiger partial charge in [-0.25, -0.2) is 0 Å². The molecule has 1 aliphatic rings. The molecule has 0 spiro atoms. The molecule has 1 rings (SSSR count). The van der Waals surface area contributed by atoms with Crippen molar-refractivity contribution in [2.24, 2.45) is 0 Å². The summed E-state index contributed by atoms with van der Waals surface area (Å²) in [5.41, 5.74) is 0.917. The van der Waals surface area contributed by atoms with E-state index in [-0.39, 0.29) is 27.3 Å². The van der Waals surface area contributed by atoms with Crippen LogP contribution in [0.15, 0.2) is 21.8 Å². The maximum absolute atomic E-state index is 8.88. The first-order valence-electron chi connectivity index (χ1n) is 2.50. The van der Waals surface area contributed by atoms with Crippen LogP contribution >= 0.6 is 20.7 Å². The van der Waals surface area contributed by atoms with Crippen LogP contribution in [-0.2, 0) is 0 Å². The van der Waals surface area contributed by atoms with Gasteiger partial charge in [-0.3, -0.25) is 0 Å². The standard InChI is InChI=1S/C6H7IO2/c8-4-5-1-2-6(9)7-3-5/h1-3,8-9H,4H2. The highest BCUT2D eigenvalue weighted by molar-refractivity contribution is 14.2. The Morgan fingerprint density at radius 3 is 2.67 bits per heavy atom. The summed E-state index contributed by atoms with van der Waals surface area (Å²) in [6.07, 6.45) is 3.39. The van der Waals surface area contributed by atoms with E-state index in [0.29, 0.717) is 3.69 Å². The Bertz CT molecular complexity index is 191. The Morgan fingerprint density at radius 2 is 2.22 bits per heavy atom. The van der Waals surface area contributed by atoms with E-state index in [1.807, 2.05) is 4.08 Å². The molecule has 1 heterocycles. The van der Waals surface area contributed by atoms with E-state index >= 15 is 0 Å². The number of halogens is 1. The van der Waals surface area contributed by atoms with E-state index in [1.165, 1.54) is 0 Å². The zero-order chi connectivity index (χ0) is 6.69. The summed E-state index contributed by atoms with van der Waals surface area (Å²) in [5, 5.41) is 17.5. The van der Waals surface area contributed by atoms with Crippen molar-refractivity contribution in [2.45, 2.75) is 0 Å². The molecule has 2 N–H and O–H groups in total. The lowest BCUT2D eigenvalue weighted by atomic mass is 10.3. The van der Waals surface area contributed by atoms with Gasteiger partial charge in [0.15, 0.2) is 0 Å². The zero-order valence-corrected chi connectivity index (χ0v) is 6.87. The summed E-state index contributed by atoms with van der Waals surface area (Å²) in [6, 6.07) is 0. The van der Waals surface area contributed by atoms with Gasteiger partial charge < -0.3 is 10.2 Å². The zero-order valence-electron chi connectivity index (χ0n) is 4.71. The number of hydrogen-bond acceptors (Lipinski definition) is 2. The summed E-state index contributed by atoms with van der Waals surface area (Å²) in [6.45, 7) is 0.0868. The number of aliphatic hydroxyl groups excluding tert-OH is 2. The maximum atomic E-state index is 8.88. The molecule has 0 amide bonds. The van der Waals surface area contributed by atoms with E-state index in [0.717, 1.165) is 5.57 Å². The normalized spacial score (nSPS) is 18.0. The molecule has 0 aromatic heterocycles. The molecule has 0 aliphatic carbocycles. The maximum Gasteiger partial charge on any atom is 0.104 e. The van der Waals surface area contributed by atoms with E-state index in [2.05, 4.69) is 0 Å². The first kappa shape index (κ1) is 7.11. The van der Waals surface area contributed by atoms with Crippen LogP contribution in [0.4, 0.5) is 0 Å². The van der Waals surface area contributed by atoms with Gasteiger partial charge in [-0.15, -0.1) is 0 Å². The quantitative estimate of drug-likeness (QED) is 0.666. The summed E-state index contributed by atoms with van der Waals surface area (Å²) < 4.78 is 2.37. The molecule has 0 fully saturated rings. The molecule has 0 radical (unpaired) electrons. The largest absolute Gasteiger partial charge is 0.392 e. The fraction of sp³-hybridized carbons (Fsp3) is 0.167. The third-order valence-electron chi connectivity index (χ3n) is 0.924. The molecule has 1 aliphatic heterocycles. The summed E-state index contributed by atoms with van der Waals surface area (Å²) >= 11 is -0.331. The highest BCUT2D eigenvalue weighted by Crippen LogP contribution is 2.13. The first-order chi connectivity index (χ1) is 4.33. The molecule has 0 saturated carbocycles. The first-order valence-corrected chi connectivity index (χ1v) is 4.82. The van der Waals surface area contributed by atoms with Gasteiger partial charge in [-0.05, 0) is 15.7 Å². The van der Waals surface area contributed by atoms with Crippen molar-refractivity contribution in [1.82, 2.24) is 0 Å². The Labute approximate surface area is 63.3 Å². The second-order valence-corrected chi connectivity index (χ2v) is 3.96. The van der Waals surface area contributed by atoms with Crippen molar-refractivity contribution >= 4 is 24.4 Å². The van der Waals surface area contributed by atoms with Crippen LogP contribution in [-0.4, -0.2) is 20.5 Å². The van der Waals surface area contributed by atoms with Crippen LogP contribution < -0.4 is 0 Å². The van der Waals surface area contributed by atoms with Gasteiger partial charge in [0.2, 0.25) is 0 Å². The van der Waals surface area contributed by atoms with Crippen molar-refractivity contribution in [3.63, 3.8) is 0 Å². The third kappa shape index (κ3) is 2.00. The van der Waals surface area contributed by atoms with Crippen LogP contribution in [0.5, 0.6) is 0 Å². The predicted molar refractivity (Wildman–Crippen MR) is 45.3 cm³/mol. The Balaban J connectivity index is 2.75. The lowest BCUT2D eigenvalue weighted by molar-refractivity contribution is 0.335. The van der Waals surface area contributed by atoms with Crippen LogP contribution in [0.2, 0.25) is 0 Å².